The average molecular weight is 421 g/mol. The number of amides is 1. The van der Waals surface area contributed by atoms with Crippen LogP contribution < -0.4 is 4.90 Å². The molecule has 0 radical (unpaired) electrons. The van der Waals surface area contributed by atoms with Gasteiger partial charge in [0.05, 0.1) is 33.3 Å². The highest BCUT2D eigenvalue weighted by Crippen LogP contribution is 2.44. The molecule has 2 heterocycles. The molecule has 2 fully saturated rings. The van der Waals surface area contributed by atoms with E-state index in [1.54, 1.807) is 43.9 Å². The molecule has 0 spiro atoms. The van der Waals surface area contributed by atoms with E-state index in [4.69, 9.17) is 23.2 Å². The van der Waals surface area contributed by atoms with E-state index in [0.717, 1.165) is 0 Å². The maximum Gasteiger partial charge on any atom is 0.253 e. The summed E-state index contributed by atoms with van der Waals surface area (Å²) in [6.07, 6.45) is 0. The van der Waals surface area contributed by atoms with Crippen LogP contribution in [0.4, 0.5) is 5.69 Å². The van der Waals surface area contributed by atoms with Gasteiger partial charge in [0.15, 0.2) is 15.0 Å². The molecule has 0 bridgehead atoms. The molecule has 2 atom stereocenters. The van der Waals surface area contributed by atoms with Crippen LogP contribution in [-0.2, 0) is 14.6 Å². The minimum absolute atomic E-state index is 0.0102. The molecule has 0 unspecified atom stereocenters. The number of nitrogens with zero attached hydrogens (tertiary/aromatic N) is 2. The number of halogens is 2. The first-order chi connectivity index (χ1) is 11.5. The first kappa shape index (κ1) is 19.0. The Morgan fingerprint density at radius 2 is 1.96 bits per heavy atom. The molecular formula is C16H18Cl2N2O3S2. The van der Waals surface area contributed by atoms with Crippen molar-refractivity contribution >= 4 is 61.6 Å². The third kappa shape index (κ3) is 3.70. The van der Waals surface area contributed by atoms with Crippen molar-refractivity contribution in [3.05, 3.63) is 28.2 Å². The lowest BCUT2D eigenvalue weighted by Gasteiger charge is -2.26. The molecule has 5 nitrogen and oxygen atoms in total. The third-order valence-corrected chi connectivity index (χ3v) is 8.11. The van der Waals surface area contributed by atoms with Gasteiger partial charge in [0.1, 0.15) is 0 Å². The molecule has 1 amide bonds. The second kappa shape index (κ2) is 6.44. The molecule has 136 valence electrons. The summed E-state index contributed by atoms with van der Waals surface area (Å²) in [5, 5.41) is 1.00. The summed E-state index contributed by atoms with van der Waals surface area (Å²) < 4.78 is 24.1. The summed E-state index contributed by atoms with van der Waals surface area (Å²) in [6, 6.07) is 4.86. The first-order valence-corrected chi connectivity index (χ1v) is 11.2. The SMILES string of the molecule is CC(C)(C)C(=O)N=C1S[C@H]2CS(=O)(=O)C[C@H]2N1c1cccc(Cl)c1Cl. The van der Waals surface area contributed by atoms with Crippen LogP contribution >= 0.6 is 35.0 Å². The lowest BCUT2D eigenvalue weighted by molar-refractivity contribution is -0.124. The smallest absolute Gasteiger partial charge is 0.253 e. The summed E-state index contributed by atoms with van der Waals surface area (Å²) in [6.45, 7) is 5.38. The molecule has 0 N–H and O–H groups in total. The maximum atomic E-state index is 12.4. The molecule has 25 heavy (non-hydrogen) atoms. The first-order valence-electron chi connectivity index (χ1n) is 7.73. The van der Waals surface area contributed by atoms with Crippen molar-refractivity contribution < 1.29 is 13.2 Å². The van der Waals surface area contributed by atoms with Gasteiger partial charge in [-0.05, 0) is 12.1 Å². The minimum Gasteiger partial charge on any atom is -0.314 e. The highest BCUT2D eigenvalue weighted by molar-refractivity contribution is 8.16. The second-order valence-corrected chi connectivity index (χ2v) is 11.3. The fourth-order valence-corrected chi connectivity index (χ4v) is 7.07. The van der Waals surface area contributed by atoms with Gasteiger partial charge < -0.3 is 4.90 Å². The van der Waals surface area contributed by atoms with Crippen LogP contribution in [0.2, 0.25) is 10.0 Å². The van der Waals surface area contributed by atoms with Crippen molar-refractivity contribution in [2.75, 3.05) is 16.4 Å². The number of hydrogen-bond acceptors (Lipinski definition) is 4. The van der Waals surface area contributed by atoms with Crippen molar-refractivity contribution in [1.82, 2.24) is 0 Å². The van der Waals surface area contributed by atoms with Crippen molar-refractivity contribution in [2.45, 2.75) is 32.1 Å². The summed E-state index contributed by atoms with van der Waals surface area (Å²) in [4.78, 5) is 18.4. The monoisotopic (exact) mass is 420 g/mol. The van der Waals surface area contributed by atoms with Gasteiger partial charge in [0.2, 0.25) is 0 Å². The highest BCUT2D eigenvalue weighted by atomic mass is 35.5. The van der Waals surface area contributed by atoms with E-state index in [1.165, 1.54) is 11.8 Å². The van der Waals surface area contributed by atoms with Gasteiger partial charge >= 0.3 is 0 Å². The van der Waals surface area contributed by atoms with Gasteiger partial charge in [-0.3, -0.25) is 4.79 Å². The second-order valence-electron chi connectivity index (χ2n) is 7.19. The zero-order valence-corrected chi connectivity index (χ0v) is 17.1. The predicted octanol–water partition coefficient (Wildman–Crippen LogP) is 3.64. The van der Waals surface area contributed by atoms with E-state index in [0.29, 0.717) is 20.9 Å². The number of benzene rings is 1. The minimum atomic E-state index is -3.13. The van der Waals surface area contributed by atoms with Gasteiger partial charge in [-0.15, -0.1) is 0 Å². The molecule has 0 aromatic heterocycles. The molecule has 1 aromatic rings. The summed E-state index contributed by atoms with van der Waals surface area (Å²) in [7, 11) is -3.13. The molecule has 2 aliphatic heterocycles. The Morgan fingerprint density at radius 3 is 2.60 bits per heavy atom. The summed E-state index contributed by atoms with van der Waals surface area (Å²) >= 11 is 13.8. The van der Waals surface area contributed by atoms with Crippen molar-refractivity contribution in [3.63, 3.8) is 0 Å². The van der Waals surface area contributed by atoms with Crippen LogP contribution in [0.25, 0.3) is 0 Å². The Bertz CT molecular complexity index is 863. The largest absolute Gasteiger partial charge is 0.314 e. The van der Waals surface area contributed by atoms with Gasteiger partial charge in [0, 0.05) is 10.7 Å². The fraction of sp³-hybridized carbons (Fsp3) is 0.500. The van der Waals surface area contributed by atoms with Crippen molar-refractivity contribution in [3.8, 4) is 0 Å². The van der Waals surface area contributed by atoms with E-state index in [1.807, 2.05) is 0 Å². The summed E-state index contributed by atoms with van der Waals surface area (Å²) in [5.41, 5.74) is -0.0482. The van der Waals surface area contributed by atoms with Gasteiger partial charge in [0.25, 0.3) is 5.91 Å². The van der Waals surface area contributed by atoms with Gasteiger partial charge in [-0.25, -0.2) is 8.42 Å². The van der Waals surface area contributed by atoms with E-state index in [9.17, 15) is 13.2 Å². The van der Waals surface area contributed by atoms with Crippen LogP contribution in [0.15, 0.2) is 23.2 Å². The van der Waals surface area contributed by atoms with Gasteiger partial charge in [-0.2, -0.15) is 4.99 Å². The lowest BCUT2D eigenvalue weighted by atomic mass is 9.96. The summed E-state index contributed by atoms with van der Waals surface area (Å²) in [5.74, 6) is -0.184. The fourth-order valence-electron chi connectivity index (χ4n) is 2.78. The Balaban J connectivity index is 2.09. The van der Waals surface area contributed by atoms with Crippen LogP contribution in [0.5, 0.6) is 0 Å². The van der Waals surface area contributed by atoms with E-state index in [-0.39, 0.29) is 28.7 Å². The molecule has 9 heteroatoms. The number of amidine groups is 1. The number of hydrogen-bond donors (Lipinski definition) is 0. The number of anilines is 1. The number of sulfone groups is 1. The van der Waals surface area contributed by atoms with Crippen LogP contribution in [0.3, 0.4) is 0 Å². The zero-order valence-electron chi connectivity index (χ0n) is 14.0. The molecule has 1 aromatic carbocycles. The molecular weight excluding hydrogens is 403 g/mol. The van der Waals surface area contributed by atoms with Gasteiger partial charge in [-0.1, -0.05) is 61.8 Å². The molecule has 2 aliphatic rings. The number of carbonyl (C=O) groups excluding carboxylic acids is 1. The zero-order chi connectivity index (χ0) is 18.6. The predicted molar refractivity (Wildman–Crippen MR) is 105 cm³/mol. The average Bonchev–Trinajstić information content (AvgIpc) is 2.92. The Labute approximate surface area is 161 Å². The van der Waals surface area contributed by atoms with Crippen LogP contribution in [0, 0.1) is 5.41 Å². The van der Waals surface area contributed by atoms with E-state index in [2.05, 4.69) is 4.99 Å². The normalized spacial score (nSPS) is 26.9. The maximum absolute atomic E-state index is 12.4. The molecule has 0 saturated carbocycles. The number of carbonyl (C=O) groups is 1. The topological polar surface area (TPSA) is 66.8 Å². The lowest BCUT2D eigenvalue weighted by Crippen LogP contribution is -2.38. The standard InChI is InChI=1S/C16H18Cl2N2O3S2/c1-16(2,3)14(21)19-15-20(10-6-4-5-9(17)13(10)18)11-7-25(22,23)8-12(11)24-15/h4-6,11-12H,7-8H2,1-3H3/t11-,12+/m1/s1. The number of thioether (sulfide) groups is 1. The third-order valence-electron chi connectivity index (χ3n) is 4.10. The quantitative estimate of drug-likeness (QED) is 0.693. The number of rotatable bonds is 1. The van der Waals surface area contributed by atoms with E-state index < -0.39 is 15.3 Å². The Morgan fingerprint density at radius 1 is 1.28 bits per heavy atom. The molecule has 3 rings (SSSR count). The van der Waals surface area contributed by atoms with E-state index >= 15 is 0 Å². The van der Waals surface area contributed by atoms with Crippen molar-refractivity contribution in [1.29, 1.82) is 0 Å². The Hall–Kier alpha value is -0.760. The van der Waals surface area contributed by atoms with Crippen molar-refractivity contribution in [2.24, 2.45) is 10.4 Å². The highest BCUT2D eigenvalue weighted by Gasteiger charge is 2.50. The number of aliphatic imine (C=N–C) groups is 1. The molecule has 2 saturated heterocycles. The van der Waals surface area contributed by atoms with Crippen LogP contribution in [0.1, 0.15) is 20.8 Å². The van der Waals surface area contributed by atoms with Crippen LogP contribution in [-0.4, -0.2) is 42.3 Å². The number of fused-ring (bicyclic) bond motifs is 1. The Kier molecular flexibility index (Phi) is 4.90. The molecule has 0 aliphatic carbocycles.